The van der Waals surface area contributed by atoms with Crippen molar-refractivity contribution in [2.75, 3.05) is 27.3 Å². The molecule has 1 saturated heterocycles. The molecule has 2 saturated carbocycles. The molecule has 0 bridgehead atoms. The maximum absolute atomic E-state index is 13.6. The average molecular weight is 1640 g/mol. The van der Waals surface area contributed by atoms with Crippen LogP contribution in [0.15, 0.2) is 121 Å². The molecule has 98 heavy (non-hydrogen) atoms. The van der Waals surface area contributed by atoms with E-state index in [1.807, 2.05) is 83.1 Å². The van der Waals surface area contributed by atoms with E-state index in [4.69, 9.17) is 68.0 Å². The molecule has 3 fully saturated rings. The summed E-state index contributed by atoms with van der Waals surface area (Å²) >= 11 is 23.5. The summed E-state index contributed by atoms with van der Waals surface area (Å²) < 4.78 is 40.1. The number of carbonyl (C=O) groups excluding carboxylic acids is 8. The smallest absolute Gasteiger partial charge is 0.347 e. The van der Waals surface area contributed by atoms with E-state index in [2.05, 4.69) is 58.5 Å². The number of carbonyl (C=O) groups is 8. The van der Waals surface area contributed by atoms with Crippen LogP contribution in [0.1, 0.15) is 134 Å². The Kier molecular flexibility index (Phi) is 31.5. The van der Waals surface area contributed by atoms with Gasteiger partial charge in [0.1, 0.15) is 41.9 Å². The summed E-state index contributed by atoms with van der Waals surface area (Å²) in [7, 11) is 3.01. The molecule has 3 aliphatic heterocycles. The number of halogens is 5. The van der Waals surface area contributed by atoms with Crippen LogP contribution in [0.25, 0.3) is 0 Å². The Bertz CT molecular complexity index is 3430. The van der Waals surface area contributed by atoms with Crippen molar-refractivity contribution in [2.45, 2.75) is 173 Å². The molecule has 5 aliphatic rings. The lowest BCUT2D eigenvalue weighted by Gasteiger charge is -2.31. The zero-order chi connectivity index (χ0) is 70.7. The molecule has 4 aromatic carbocycles. The van der Waals surface area contributed by atoms with Crippen LogP contribution in [0, 0.1) is 34.5 Å². The minimum atomic E-state index is -1.20. The fourth-order valence-electron chi connectivity index (χ4n) is 11.5. The van der Waals surface area contributed by atoms with Crippen LogP contribution in [0.5, 0.6) is 11.5 Å². The van der Waals surface area contributed by atoms with Crippen LogP contribution in [0.2, 0.25) is 10.0 Å². The zero-order valence-electron chi connectivity index (χ0n) is 55.6. The van der Waals surface area contributed by atoms with Crippen molar-refractivity contribution in [1.82, 2.24) is 21.3 Å². The van der Waals surface area contributed by atoms with Gasteiger partial charge in [-0.3, -0.25) is 28.8 Å². The first-order valence-electron chi connectivity index (χ1n) is 32.5. The Morgan fingerprint density at radius 3 is 1.42 bits per heavy atom. The van der Waals surface area contributed by atoms with Crippen LogP contribution in [0.4, 0.5) is 0 Å². The Labute approximate surface area is 613 Å². The fourth-order valence-corrected chi connectivity index (χ4v) is 12.4. The number of aliphatic hydroxyl groups is 1. The summed E-state index contributed by atoms with van der Waals surface area (Å²) in [6.07, 6.45) is 3.30. The average Bonchev–Trinajstić information content (AvgIpc) is 1.59. The van der Waals surface area contributed by atoms with Crippen molar-refractivity contribution >= 4 is 120 Å². The molecule has 4 aromatic rings. The number of rotatable bonds is 17. The minimum Gasteiger partial charge on any atom is -0.495 e. The molecule has 4 amide bonds. The van der Waals surface area contributed by atoms with Crippen molar-refractivity contribution in [1.29, 1.82) is 0 Å². The summed E-state index contributed by atoms with van der Waals surface area (Å²) in [6.45, 7) is 11.3. The highest BCUT2D eigenvalue weighted by Gasteiger charge is 2.55. The molecular formula is C73H91Cl3I2N4O16. The lowest BCUT2D eigenvalue weighted by atomic mass is 9.90. The van der Waals surface area contributed by atoms with Gasteiger partial charge in [0.25, 0.3) is 0 Å². The molecule has 3 heterocycles. The van der Waals surface area contributed by atoms with E-state index in [0.29, 0.717) is 63.9 Å². The second-order valence-corrected chi connectivity index (χ2v) is 27.5. The maximum Gasteiger partial charge on any atom is 0.347 e. The Morgan fingerprint density at radius 2 is 1.01 bits per heavy atom. The first kappa shape index (κ1) is 80.9. The first-order chi connectivity index (χ1) is 46.3. The summed E-state index contributed by atoms with van der Waals surface area (Å²) in [6, 6.07) is 27.1. The second-order valence-electron chi connectivity index (χ2n) is 26.2. The molecule has 12 atom stereocenters. The van der Waals surface area contributed by atoms with Gasteiger partial charge in [-0.2, -0.15) is 0 Å². The number of hydrogen-bond donors (Lipinski definition) is 5. The summed E-state index contributed by atoms with van der Waals surface area (Å²) in [5.74, 6) is -4.46. The largest absolute Gasteiger partial charge is 0.495 e. The van der Waals surface area contributed by atoms with Gasteiger partial charge in [-0.25, -0.2) is 9.59 Å². The number of methoxy groups -OCH3 is 2. The third-order valence-corrected chi connectivity index (χ3v) is 19.0. The molecule has 5 N–H and O–H groups in total. The van der Waals surface area contributed by atoms with Crippen molar-refractivity contribution in [2.24, 2.45) is 34.5 Å². The topological polar surface area (TPSA) is 273 Å². The predicted molar refractivity (Wildman–Crippen MR) is 391 cm³/mol. The zero-order valence-corrected chi connectivity index (χ0v) is 62.2. The Balaban J connectivity index is 0.000000299. The third-order valence-electron chi connectivity index (χ3n) is 17.9. The number of aliphatic hydroxyl groups excluding tert-OH is 1. The lowest BCUT2D eigenvalue weighted by molar-refractivity contribution is -0.178. The molecule has 2 aliphatic carbocycles. The highest BCUT2D eigenvalue weighted by molar-refractivity contribution is 15.0. The molecule has 0 aromatic heterocycles. The normalized spacial score (nSPS) is 25.3. The van der Waals surface area contributed by atoms with Gasteiger partial charge in [-0.1, -0.05) is 157 Å². The Hall–Kier alpha value is -6.03. The number of benzene rings is 4. The van der Waals surface area contributed by atoms with Crippen LogP contribution in [-0.2, 0) is 74.9 Å². The molecule has 2 spiro atoms. The number of epoxide rings is 1. The molecule has 9 rings (SSSR count). The van der Waals surface area contributed by atoms with Crippen LogP contribution >= 0.6 is 72.0 Å². The van der Waals surface area contributed by atoms with E-state index in [1.54, 1.807) is 61.5 Å². The van der Waals surface area contributed by atoms with Gasteiger partial charge < -0.3 is 59.5 Å². The molecular weight excluding hydrogens is 1550 g/mol. The molecule has 2 unspecified atom stereocenters. The summed E-state index contributed by atoms with van der Waals surface area (Å²) in [4.78, 5) is 107. The van der Waals surface area contributed by atoms with Gasteiger partial charge in [0.15, 0.2) is 12.2 Å². The van der Waals surface area contributed by atoms with E-state index in [-0.39, 0.29) is 89.0 Å². The second kappa shape index (κ2) is 38.1. The lowest BCUT2D eigenvalue weighted by Crippen LogP contribution is -2.50. The first-order valence-corrected chi connectivity index (χ1v) is 40.0. The number of esters is 4. The SMILES string of the molecule is C.COc1ccc(C[C@H]2NC(=O)/C=C/C[C@@H]([C@H](C)C3OC3c3ccccc3)OC(=O)[C@H](CC(C)C)OC(=O)C3(CC3)CNC2=O)cc1Cl.COc1ccc(C[C@H]2NC(=O)/C=C/C[C@@H]([C@H](C)[C@@H](O)[C@@H](Cl)c3ccccc3)OC(=O)[C@H](CC(C)C)OC(=O)C3(CC3)CNC2=O)cc1Cl.II. The highest BCUT2D eigenvalue weighted by Crippen LogP contribution is 2.49. The molecule has 534 valence electrons. The number of amides is 4. The van der Waals surface area contributed by atoms with Gasteiger partial charge >= 0.3 is 23.9 Å². The number of alkyl halides is 1. The van der Waals surface area contributed by atoms with Crippen molar-refractivity contribution in [3.63, 3.8) is 0 Å². The molecule has 20 nitrogen and oxygen atoms in total. The van der Waals surface area contributed by atoms with Gasteiger partial charge in [-0.05, 0) is 109 Å². The number of hydrogen-bond acceptors (Lipinski definition) is 16. The summed E-state index contributed by atoms with van der Waals surface area (Å²) in [5, 5.41) is 22.4. The Morgan fingerprint density at radius 1 is 0.592 bits per heavy atom. The molecule has 0 radical (unpaired) electrons. The van der Waals surface area contributed by atoms with Crippen LogP contribution in [-0.4, -0.2) is 129 Å². The van der Waals surface area contributed by atoms with Gasteiger partial charge in [0.2, 0.25) is 23.6 Å². The van der Waals surface area contributed by atoms with Gasteiger partial charge in [-0.15, -0.1) is 11.6 Å². The van der Waals surface area contributed by atoms with Crippen LogP contribution in [0.3, 0.4) is 0 Å². The van der Waals surface area contributed by atoms with Crippen molar-refractivity contribution in [3.05, 3.63) is 154 Å². The quantitative estimate of drug-likeness (QED) is 0.0216. The van der Waals surface area contributed by atoms with E-state index in [9.17, 15) is 43.5 Å². The van der Waals surface area contributed by atoms with Gasteiger partial charge in [0.05, 0.1) is 52.7 Å². The van der Waals surface area contributed by atoms with Crippen molar-refractivity contribution < 1.29 is 76.6 Å². The van der Waals surface area contributed by atoms with E-state index in [0.717, 1.165) is 5.56 Å². The maximum atomic E-state index is 13.6. The monoisotopic (exact) mass is 1640 g/mol. The fraction of sp³-hybridized carbons (Fsp3) is 0.507. The van der Waals surface area contributed by atoms with Gasteiger partial charge in [0, 0.05) is 87.8 Å². The number of cyclic esters (lactones) is 4. The predicted octanol–water partition coefficient (Wildman–Crippen LogP) is 12.4. The number of nitrogens with one attached hydrogen (secondary N) is 4. The van der Waals surface area contributed by atoms with E-state index < -0.39 is 112 Å². The summed E-state index contributed by atoms with van der Waals surface area (Å²) in [5.41, 5.74) is 1.17. The highest BCUT2D eigenvalue weighted by atomic mass is 128. The third kappa shape index (κ3) is 23.0. The van der Waals surface area contributed by atoms with Crippen LogP contribution < -0.4 is 30.7 Å². The number of ether oxygens (including phenoxy) is 7. The standard InChI is InChI=1S/C36H44Cl2N2O8.C36H43ClN2O8.CH4.I2/c1-21(2)17-29-34(44)47-27(22(3)32(42)31(38)24-9-6-5-7-10-24)11-8-12-30(41)40-26(19-23-13-14-28(46-4)25(37)18-23)33(43)39-20-36(15-16-36)35(45)48-29;1-21(2)17-29-34(42)45-27(22(3)31-32(47-31)24-9-6-5-7-10-24)11-8-12-30(40)39-26(19-23-13-14-28(44-4)25(37)18-23)33(41)38-20-36(15-16-36)35(43)46-29;;1-2/h5-10,12-14,18,21-22,26-27,29,31-32,42H,11,15-17,19-20H2,1-4H3,(H,39,43)(H,40,41);5-10,12-14,18,21-22,26-27,29,31-32H,11,15-17,19-20H2,1-4H3,(H,38,41)(H,39,40);1H4;/b2*12-8+;;/t22-,26+,27-,29-,31-,32+;22-,26+,27-,29-,31?,32?;;/m00../s1. The molecule has 25 heteroatoms. The van der Waals surface area contributed by atoms with E-state index in [1.165, 1.54) is 32.4 Å². The van der Waals surface area contributed by atoms with Crippen molar-refractivity contribution in [3.8, 4) is 11.5 Å². The van der Waals surface area contributed by atoms with E-state index >= 15 is 0 Å². The minimum absolute atomic E-state index is 0.